The van der Waals surface area contributed by atoms with Gasteiger partial charge in [-0.1, -0.05) is 28.7 Å². The number of nitrogens with zero attached hydrogens (tertiary/aromatic N) is 1. The molecule has 0 aromatic rings. The molecule has 1 aliphatic heterocycles. The SMILES string of the molecule is O=S1(=O)CSC(=NO)SC1. The summed E-state index contributed by atoms with van der Waals surface area (Å²) in [6.45, 7) is 0. The average molecular weight is 199 g/mol. The first-order valence-corrected chi connectivity index (χ1v) is 6.11. The van der Waals surface area contributed by atoms with Crippen molar-refractivity contribution in [2.24, 2.45) is 5.16 Å². The molecular formula is C3H5NO3S3. The molecule has 1 N–H and O–H groups in total. The van der Waals surface area contributed by atoms with Crippen LogP contribution in [-0.4, -0.2) is 28.2 Å². The van der Waals surface area contributed by atoms with E-state index in [-0.39, 0.29) is 10.2 Å². The van der Waals surface area contributed by atoms with Crippen molar-refractivity contribution < 1.29 is 13.6 Å². The summed E-state index contributed by atoms with van der Waals surface area (Å²) < 4.78 is 21.9. The van der Waals surface area contributed by atoms with E-state index in [9.17, 15) is 8.42 Å². The number of oxime groups is 1. The molecule has 1 rings (SSSR count). The zero-order valence-corrected chi connectivity index (χ0v) is 7.30. The first-order valence-electron chi connectivity index (χ1n) is 2.32. The standard InChI is InChI=1S/C3H5NO3S3/c5-4-3-8-1-10(6,7)2-9-3/h5H,1-2H2. The minimum atomic E-state index is -2.89. The molecule has 1 heterocycles. The van der Waals surface area contributed by atoms with Crippen LogP contribution >= 0.6 is 23.5 Å². The Hall–Kier alpha value is 0.120. The molecule has 0 aliphatic carbocycles. The van der Waals surface area contributed by atoms with Gasteiger partial charge in [0.2, 0.25) is 0 Å². The van der Waals surface area contributed by atoms with Gasteiger partial charge in [0.05, 0.1) is 0 Å². The molecular weight excluding hydrogens is 194 g/mol. The fourth-order valence-corrected chi connectivity index (χ4v) is 4.86. The van der Waals surface area contributed by atoms with Gasteiger partial charge in [0.25, 0.3) is 0 Å². The van der Waals surface area contributed by atoms with Crippen LogP contribution in [0.15, 0.2) is 5.16 Å². The average Bonchev–Trinajstić information content (AvgIpc) is 1.88. The summed E-state index contributed by atoms with van der Waals surface area (Å²) >= 11 is 2.09. The van der Waals surface area contributed by atoms with Crippen LogP contribution < -0.4 is 0 Å². The van der Waals surface area contributed by atoms with E-state index in [4.69, 9.17) is 5.21 Å². The molecule has 1 fully saturated rings. The summed E-state index contributed by atoms with van der Waals surface area (Å²) in [6.07, 6.45) is 0. The van der Waals surface area contributed by atoms with Gasteiger partial charge in [0, 0.05) is 0 Å². The Balaban J connectivity index is 2.63. The molecule has 0 amide bonds. The van der Waals surface area contributed by atoms with Crippen LogP contribution in [0, 0.1) is 0 Å². The first kappa shape index (κ1) is 8.22. The molecule has 4 nitrogen and oxygen atoms in total. The van der Waals surface area contributed by atoms with Crippen LogP contribution in [0.5, 0.6) is 0 Å². The molecule has 7 heteroatoms. The summed E-state index contributed by atoms with van der Waals surface area (Å²) in [5, 5.41) is 11.2. The third kappa shape index (κ3) is 2.06. The van der Waals surface area contributed by atoms with Crippen molar-refractivity contribution in [2.45, 2.75) is 0 Å². The van der Waals surface area contributed by atoms with Crippen LogP contribution in [0.1, 0.15) is 0 Å². The van der Waals surface area contributed by atoms with Crippen molar-refractivity contribution in [1.82, 2.24) is 0 Å². The zero-order chi connectivity index (χ0) is 7.61. The quantitative estimate of drug-likeness (QED) is 0.455. The Morgan fingerprint density at radius 3 is 2.30 bits per heavy atom. The van der Waals surface area contributed by atoms with Gasteiger partial charge in [-0.05, 0) is 0 Å². The van der Waals surface area contributed by atoms with Crippen molar-refractivity contribution in [1.29, 1.82) is 0 Å². The lowest BCUT2D eigenvalue weighted by atomic mass is 11.7. The first-order chi connectivity index (χ1) is 4.64. The maximum atomic E-state index is 10.7. The van der Waals surface area contributed by atoms with E-state index in [0.717, 1.165) is 23.5 Å². The monoisotopic (exact) mass is 199 g/mol. The van der Waals surface area contributed by atoms with Crippen molar-refractivity contribution in [3.8, 4) is 0 Å². The molecule has 0 atom stereocenters. The van der Waals surface area contributed by atoms with Gasteiger partial charge in [-0.15, -0.1) is 0 Å². The maximum Gasteiger partial charge on any atom is 0.171 e. The van der Waals surface area contributed by atoms with E-state index in [2.05, 4.69) is 5.16 Å². The van der Waals surface area contributed by atoms with Crippen LogP contribution in [0.2, 0.25) is 0 Å². The minimum Gasteiger partial charge on any atom is -0.410 e. The van der Waals surface area contributed by atoms with Gasteiger partial charge < -0.3 is 5.21 Å². The fraction of sp³-hybridized carbons (Fsp3) is 0.667. The number of hydrogen-bond acceptors (Lipinski definition) is 6. The Bertz CT molecular complexity index is 228. The molecule has 58 valence electrons. The second-order valence-electron chi connectivity index (χ2n) is 1.63. The lowest BCUT2D eigenvalue weighted by Crippen LogP contribution is -2.13. The highest BCUT2D eigenvalue weighted by Gasteiger charge is 2.21. The lowest BCUT2D eigenvalue weighted by Gasteiger charge is -2.09. The molecule has 0 unspecified atom stereocenters. The minimum absolute atomic E-state index is 0.0272. The highest BCUT2D eigenvalue weighted by Crippen LogP contribution is 2.26. The van der Waals surface area contributed by atoms with Crippen molar-refractivity contribution in [3.63, 3.8) is 0 Å². The predicted molar refractivity (Wildman–Crippen MR) is 43.1 cm³/mol. The third-order valence-corrected chi connectivity index (χ3v) is 5.99. The molecule has 0 spiro atoms. The summed E-state index contributed by atoms with van der Waals surface area (Å²) in [5.41, 5.74) is 0. The maximum absolute atomic E-state index is 10.7. The third-order valence-electron chi connectivity index (χ3n) is 0.806. The molecule has 0 radical (unpaired) electrons. The Morgan fingerprint density at radius 1 is 1.40 bits per heavy atom. The van der Waals surface area contributed by atoms with E-state index in [0.29, 0.717) is 4.38 Å². The zero-order valence-electron chi connectivity index (χ0n) is 4.85. The normalized spacial score (nSPS) is 24.2. The molecule has 0 bridgehead atoms. The van der Waals surface area contributed by atoms with Gasteiger partial charge in [0.1, 0.15) is 10.2 Å². The summed E-state index contributed by atoms with van der Waals surface area (Å²) in [7, 11) is -2.89. The Morgan fingerprint density at radius 2 is 1.90 bits per heavy atom. The van der Waals surface area contributed by atoms with Crippen molar-refractivity contribution >= 4 is 37.7 Å². The number of hydrogen-bond donors (Lipinski definition) is 1. The van der Waals surface area contributed by atoms with E-state index in [1.54, 1.807) is 0 Å². The van der Waals surface area contributed by atoms with E-state index >= 15 is 0 Å². The van der Waals surface area contributed by atoms with Gasteiger partial charge in [-0.2, -0.15) is 0 Å². The molecule has 1 aliphatic rings. The molecule has 0 aromatic heterocycles. The second kappa shape index (κ2) is 3.02. The van der Waals surface area contributed by atoms with Crippen molar-refractivity contribution in [2.75, 3.05) is 10.2 Å². The summed E-state index contributed by atoms with van der Waals surface area (Å²) in [4.78, 5) is 0. The van der Waals surface area contributed by atoms with Gasteiger partial charge in [-0.25, -0.2) is 8.42 Å². The van der Waals surface area contributed by atoms with E-state index in [1.807, 2.05) is 0 Å². The molecule has 0 aromatic carbocycles. The largest absolute Gasteiger partial charge is 0.410 e. The summed E-state index contributed by atoms with van der Waals surface area (Å²) in [5.74, 6) is 0. The van der Waals surface area contributed by atoms with Gasteiger partial charge in [0.15, 0.2) is 14.2 Å². The highest BCUT2D eigenvalue weighted by molar-refractivity contribution is 8.46. The predicted octanol–water partition coefficient (Wildman–Crippen LogP) is 0.541. The van der Waals surface area contributed by atoms with Gasteiger partial charge >= 0.3 is 0 Å². The molecule has 10 heavy (non-hydrogen) atoms. The van der Waals surface area contributed by atoms with Crippen LogP contribution in [0.25, 0.3) is 0 Å². The fourth-order valence-electron chi connectivity index (χ4n) is 0.414. The topological polar surface area (TPSA) is 66.7 Å². The number of thioether (sulfide) groups is 2. The number of rotatable bonds is 0. The highest BCUT2D eigenvalue weighted by atomic mass is 32.3. The van der Waals surface area contributed by atoms with Gasteiger partial charge in [-0.3, -0.25) is 0 Å². The van der Waals surface area contributed by atoms with E-state index in [1.165, 1.54) is 0 Å². The molecule has 1 saturated heterocycles. The molecule has 0 saturated carbocycles. The van der Waals surface area contributed by atoms with Crippen LogP contribution in [0.3, 0.4) is 0 Å². The smallest absolute Gasteiger partial charge is 0.171 e. The van der Waals surface area contributed by atoms with Crippen molar-refractivity contribution in [3.05, 3.63) is 0 Å². The lowest BCUT2D eigenvalue weighted by molar-refractivity contribution is 0.322. The number of sulfone groups is 1. The van der Waals surface area contributed by atoms with Crippen LogP contribution in [-0.2, 0) is 9.84 Å². The Kier molecular flexibility index (Phi) is 2.48. The Labute approximate surface area is 67.0 Å². The van der Waals surface area contributed by atoms with Crippen LogP contribution in [0.4, 0.5) is 0 Å². The van der Waals surface area contributed by atoms with E-state index < -0.39 is 9.84 Å². The summed E-state index contributed by atoms with van der Waals surface area (Å²) in [6, 6.07) is 0. The second-order valence-corrected chi connectivity index (χ2v) is 6.62.